The molecule has 0 atom stereocenters. The maximum absolute atomic E-state index is 12.2. The van der Waals surface area contributed by atoms with Gasteiger partial charge in [0.25, 0.3) is 0 Å². The summed E-state index contributed by atoms with van der Waals surface area (Å²) in [4.78, 5) is 29.5. The molecule has 0 radical (unpaired) electrons. The number of Topliss-reactive ketones (excluding diaryl/α,β-unsaturated/α-hetero) is 2. The van der Waals surface area contributed by atoms with Gasteiger partial charge in [0.15, 0.2) is 5.66 Å². The van der Waals surface area contributed by atoms with Crippen molar-refractivity contribution in [3.05, 3.63) is 35.9 Å². The van der Waals surface area contributed by atoms with Gasteiger partial charge in [0, 0.05) is 12.4 Å². The zero-order valence-electron chi connectivity index (χ0n) is 9.94. The lowest BCUT2D eigenvalue weighted by Crippen LogP contribution is -2.62. The van der Waals surface area contributed by atoms with Crippen LogP contribution in [-0.2, 0) is 0 Å². The molecule has 0 aliphatic heterocycles. The third-order valence-corrected chi connectivity index (χ3v) is 2.76. The predicted molar refractivity (Wildman–Crippen MR) is 70.2 cm³/mol. The summed E-state index contributed by atoms with van der Waals surface area (Å²) in [7, 11) is 0. The molecule has 2 heterocycles. The number of carbonyl (C=O) groups is 2. The number of hydrogen-bond donors (Lipinski definition) is 6. The largest absolute Gasteiger partial charge is 0.397 e. The highest BCUT2D eigenvalue weighted by Crippen LogP contribution is 2.18. The minimum absolute atomic E-state index is 0.0107. The first kappa shape index (κ1) is 12.9. The Bertz CT molecular complexity index is 585. The highest BCUT2D eigenvalue weighted by Gasteiger charge is 2.41. The highest BCUT2D eigenvalue weighted by atomic mass is 16.2. The Labute approximate surface area is 108 Å². The fourth-order valence-electron chi connectivity index (χ4n) is 1.67. The molecule has 0 aliphatic carbocycles. The van der Waals surface area contributed by atoms with E-state index in [1.165, 1.54) is 24.5 Å². The van der Waals surface area contributed by atoms with Crippen LogP contribution >= 0.6 is 0 Å². The van der Waals surface area contributed by atoms with E-state index in [0.29, 0.717) is 0 Å². The first-order valence-electron chi connectivity index (χ1n) is 5.38. The molecule has 2 aromatic heterocycles. The Morgan fingerprint density at radius 3 is 1.53 bits per heavy atom. The van der Waals surface area contributed by atoms with Crippen LogP contribution in [0, 0.1) is 0 Å². The lowest BCUT2D eigenvalue weighted by atomic mass is 9.96. The number of ketones is 2. The molecule has 2 rings (SSSR count). The Hall–Kier alpha value is -2.58. The Morgan fingerprint density at radius 1 is 0.895 bits per heavy atom. The number of rotatable bonds is 4. The smallest absolute Gasteiger partial charge is 0.223 e. The molecule has 0 fully saturated rings. The van der Waals surface area contributed by atoms with Crippen molar-refractivity contribution >= 4 is 22.9 Å². The molecule has 8 heteroatoms. The van der Waals surface area contributed by atoms with E-state index < -0.39 is 17.2 Å². The van der Waals surface area contributed by atoms with Gasteiger partial charge < -0.3 is 32.9 Å². The molecule has 0 unspecified atom stereocenters. The quantitative estimate of drug-likeness (QED) is 0.239. The van der Waals surface area contributed by atoms with E-state index in [4.69, 9.17) is 22.9 Å². The second-order valence-corrected chi connectivity index (χ2v) is 4.14. The molecule has 10 N–H and O–H groups in total. The van der Waals surface area contributed by atoms with Gasteiger partial charge in [-0.25, -0.2) is 0 Å². The number of H-pyrrole nitrogens is 2. The van der Waals surface area contributed by atoms with Gasteiger partial charge in [-0.15, -0.1) is 0 Å². The van der Waals surface area contributed by atoms with Gasteiger partial charge in [0.2, 0.25) is 11.6 Å². The topological polar surface area (TPSA) is 170 Å². The summed E-state index contributed by atoms with van der Waals surface area (Å²) in [6, 6.07) is 2.94. The molecule has 8 nitrogen and oxygen atoms in total. The standard InChI is InChI=1S/C11H14N6O2/c12-5-1-3-16-7(5)9(18)11(14,15)10(19)8-6(13)2-4-17-8/h1-4,16-17H,12-15H2. The maximum atomic E-state index is 12.2. The van der Waals surface area contributed by atoms with Crippen molar-refractivity contribution in [1.29, 1.82) is 0 Å². The second kappa shape index (κ2) is 4.26. The van der Waals surface area contributed by atoms with Crippen LogP contribution in [0.15, 0.2) is 24.5 Å². The van der Waals surface area contributed by atoms with Crippen LogP contribution < -0.4 is 22.9 Å². The molecule has 0 spiro atoms. The summed E-state index contributed by atoms with van der Waals surface area (Å²) in [6.45, 7) is 0. The maximum Gasteiger partial charge on any atom is 0.223 e. The van der Waals surface area contributed by atoms with E-state index in [-0.39, 0.29) is 22.8 Å². The van der Waals surface area contributed by atoms with Crippen LogP contribution in [0.25, 0.3) is 0 Å². The third-order valence-electron chi connectivity index (χ3n) is 2.76. The molecule has 19 heavy (non-hydrogen) atoms. The number of carbonyl (C=O) groups excluding carboxylic acids is 2. The number of nitrogens with two attached hydrogens (primary N) is 4. The predicted octanol–water partition coefficient (Wildman–Crippen LogP) is -0.813. The minimum Gasteiger partial charge on any atom is -0.397 e. The third kappa shape index (κ3) is 1.98. The average molecular weight is 262 g/mol. The van der Waals surface area contributed by atoms with Crippen LogP contribution in [0.1, 0.15) is 21.0 Å². The summed E-state index contributed by atoms with van der Waals surface area (Å²) in [6.07, 6.45) is 2.90. The first-order chi connectivity index (χ1) is 8.85. The summed E-state index contributed by atoms with van der Waals surface area (Å²) in [5, 5.41) is 0. The van der Waals surface area contributed by atoms with Crippen LogP contribution in [-0.4, -0.2) is 27.2 Å². The number of aromatic amines is 2. The zero-order valence-corrected chi connectivity index (χ0v) is 9.94. The minimum atomic E-state index is -2.25. The number of nitrogen functional groups attached to an aromatic ring is 2. The van der Waals surface area contributed by atoms with Crippen molar-refractivity contribution in [2.75, 3.05) is 11.5 Å². The van der Waals surface area contributed by atoms with Crippen LogP contribution in [0.3, 0.4) is 0 Å². The van der Waals surface area contributed by atoms with Crippen molar-refractivity contribution in [3.8, 4) is 0 Å². The number of hydrogen-bond acceptors (Lipinski definition) is 6. The van der Waals surface area contributed by atoms with Gasteiger partial charge in [-0.3, -0.25) is 9.59 Å². The SMILES string of the molecule is Nc1cc[nH]c1C(=O)C(N)(N)C(=O)c1[nH]ccc1N. The first-order valence-corrected chi connectivity index (χ1v) is 5.38. The van der Waals surface area contributed by atoms with Crippen molar-refractivity contribution in [3.63, 3.8) is 0 Å². The number of anilines is 2. The van der Waals surface area contributed by atoms with Gasteiger partial charge >= 0.3 is 0 Å². The molecular formula is C11H14N6O2. The normalized spacial score (nSPS) is 11.5. The molecule has 0 aliphatic rings. The van der Waals surface area contributed by atoms with Crippen molar-refractivity contribution in [1.82, 2.24) is 9.97 Å². The van der Waals surface area contributed by atoms with Gasteiger partial charge in [0.1, 0.15) is 11.4 Å². The summed E-state index contributed by atoms with van der Waals surface area (Å²) in [5.41, 5.74) is 20.5. The van der Waals surface area contributed by atoms with E-state index in [1.54, 1.807) is 0 Å². The van der Waals surface area contributed by atoms with Crippen LogP contribution in [0.4, 0.5) is 11.4 Å². The van der Waals surface area contributed by atoms with Crippen LogP contribution in [0.5, 0.6) is 0 Å². The summed E-state index contributed by atoms with van der Waals surface area (Å²) < 4.78 is 0. The Morgan fingerprint density at radius 2 is 1.26 bits per heavy atom. The molecule has 0 saturated heterocycles. The van der Waals surface area contributed by atoms with E-state index in [0.717, 1.165) is 0 Å². The molecule has 0 bridgehead atoms. The highest BCUT2D eigenvalue weighted by molar-refractivity contribution is 6.24. The molecule has 0 aromatic carbocycles. The molecule has 2 aromatic rings. The molecule has 100 valence electrons. The van der Waals surface area contributed by atoms with E-state index in [2.05, 4.69) is 9.97 Å². The second-order valence-electron chi connectivity index (χ2n) is 4.14. The van der Waals surface area contributed by atoms with E-state index in [1.807, 2.05) is 0 Å². The van der Waals surface area contributed by atoms with Gasteiger partial charge in [-0.1, -0.05) is 0 Å². The monoisotopic (exact) mass is 262 g/mol. The Kier molecular flexibility index (Phi) is 2.89. The fraction of sp³-hybridized carbons (Fsp3) is 0.0909. The van der Waals surface area contributed by atoms with Gasteiger partial charge in [-0.05, 0) is 12.1 Å². The van der Waals surface area contributed by atoms with Gasteiger partial charge in [-0.2, -0.15) is 0 Å². The van der Waals surface area contributed by atoms with Crippen LogP contribution in [0.2, 0.25) is 0 Å². The average Bonchev–Trinajstić information content (AvgIpc) is 2.95. The van der Waals surface area contributed by atoms with Gasteiger partial charge in [0.05, 0.1) is 11.4 Å². The lowest BCUT2D eigenvalue weighted by Gasteiger charge is -2.20. The fourth-order valence-corrected chi connectivity index (χ4v) is 1.67. The number of aromatic nitrogens is 2. The Balaban J connectivity index is 2.38. The van der Waals surface area contributed by atoms with Crippen molar-refractivity contribution in [2.24, 2.45) is 11.5 Å². The van der Waals surface area contributed by atoms with Crippen molar-refractivity contribution in [2.45, 2.75) is 5.66 Å². The zero-order chi connectivity index (χ0) is 14.2. The molecule has 0 saturated carbocycles. The summed E-state index contributed by atoms with van der Waals surface area (Å²) >= 11 is 0. The molecular weight excluding hydrogens is 248 g/mol. The number of nitrogens with one attached hydrogen (secondary N) is 2. The van der Waals surface area contributed by atoms with E-state index in [9.17, 15) is 9.59 Å². The molecule has 0 amide bonds. The lowest BCUT2D eigenvalue weighted by molar-refractivity contribution is 0.0769. The van der Waals surface area contributed by atoms with E-state index >= 15 is 0 Å². The summed E-state index contributed by atoms with van der Waals surface area (Å²) in [5.74, 6) is -1.62. The van der Waals surface area contributed by atoms with Crippen molar-refractivity contribution < 1.29 is 9.59 Å².